The van der Waals surface area contributed by atoms with Gasteiger partial charge in [0, 0.05) is 19.7 Å². The van der Waals surface area contributed by atoms with Gasteiger partial charge < -0.3 is 9.84 Å². The molecule has 0 radical (unpaired) electrons. The smallest absolute Gasteiger partial charge is 0.328 e. The summed E-state index contributed by atoms with van der Waals surface area (Å²) in [4.78, 5) is 23.7. The molecule has 1 heterocycles. The first-order chi connectivity index (χ1) is 12.5. The van der Waals surface area contributed by atoms with Crippen molar-refractivity contribution in [1.82, 2.24) is 9.13 Å². The summed E-state index contributed by atoms with van der Waals surface area (Å²) in [5.74, 6) is 0.186. The summed E-state index contributed by atoms with van der Waals surface area (Å²) in [7, 11) is 1.78. The van der Waals surface area contributed by atoms with Crippen LogP contribution in [0.4, 0.5) is 0 Å². The van der Waals surface area contributed by atoms with Crippen LogP contribution in [0.15, 0.2) is 23.0 Å². The Hall–Kier alpha value is -2.24. The second kappa shape index (κ2) is 8.92. The monoisotopic (exact) mass is 362 g/mol. The number of hydrogen-bond acceptors (Lipinski definition) is 3. The number of benzene rings is 1. The fraction of sp³-hybridized carbons (Fsp3) is 0.600. The van der Waals surface area contributed by atoms with Gasteiger partial charge in [0.05, 0.1) is 23.6 Å². The number of carboxylic acid groups (broad SMARTS) is 1. The van der Waals surface area contributed by atoms with Gasteiger partial charge in [-0.1, -0.05) is 13.8 Å². The van der Waals surface area contributed by atoms with Crippen molar-refractivity contribution in [3.8, 4) is 5.75 Å². The highest BCUT2D eigenvalue weighted by molar-refractivity contribution is 5.77. The third kappa shape index (κ3) is 4.11. The third-order valence-corrected chi connectivity index (χ3v) is 5.06. The molecule has 26 heavy (non-hydrogen) atoms. The molecule has 2 aromatic rings. The van der Waals surface area contributed by atoms with E-state index in [1.807, 2.05) is 43.5 Å². The minimum atomic E-state index is -0.697. The van der Waals surface area contributed by atoms with E-state index in [4.69, 9.17) is 9.84 Å². The zero-order chi connectivity index (χ0) is 19.3. The summed E-state index contributed by atoms with van der Waals surface area (Å²) in [5, 5.41) is 9.11. The van der Waals surface area contributed by atoms with Crippen molar-refractivity contribution in [3.05, 3.63) is 28.7 Å². The Labute approximate surface area is 154 Å². The van der Waals surface area contributed by atoms with Gasteiger partial charge in [0.15, 0.2) is 0 Å². The number of ether oxygens (including phenoxy) is 1. The summed E-state index contributed by atoms with van der Waals surface area (Å²) < 4.78 is 9.03. The lowest BCUT2D eigenvalue weighted by atomic mass is 9.82. The van der Waals surface area contributed by atoms with Crippen LogP contribution in [-0.4, -0.2) is 26.8 Å². The largest absolute Gasteiger partial charge is 0.494 e. The van der Waals surface area contributed by atoms with Gasteiger partial charge >= 0.3 is 11.7 Å². The number of carbonyl (C=O) groups is 1. The van der Waals surface area contributed by atoms with Gasteiger partial charge in [-0.2, -0.15) is 0 Å². The Morgan fingerprint density at radius 2 is 1.85 bits per heavy atom. The maximum absolute atomic E-state index is 12.6. The molecule has 0 saturated heterocycles. The molecule has 1 aliphatic rings. The predicted octanol–water partition coefficient (Wildman–Crippen LogP) is 3.66. The quantitative estimate of drug-likeness (QED) is 0.881. The fourth-order valence-corrected chi connectivity index (χ4v) is 3.67. The summed E-state index contributed by atoms with van der Waals surface area (Å²) in [6.07, 6.45) is 3.10. The van der Waals surface area contributed by atoms with E-state index in [1.165, 1.54) is 0 Å². The van der Waals surface area contributed by atoms with Crippen molar-refractivity contribution in [2.45, 2.75) is 53.0 Å². The molecule has 1 aliphatic carbocycles. The zero-order valence-corrected chi connectivity index (χ0v) is 16.2. The van der Waals surface area contributed by atoms with Crippen LogP contribution in [0.5, 0.6) is 5.75 Å². The standard InChI is InChI=1S/C18H24N2O4.C2H6/c1-3-24-14-8-9-15-16(10-14)20(18(23)19(15)2)11-12-4-6-13(7-5-12)17(21)22;1-2/h8-10,12-13H,3-7,11H2,1-2H3,(H,21,22);1-2H3. The van der Waals surface area contributed by atoms with Crippen molar-refractivity contribution in [2.24, 2.45) is 18.9 Å². The van der Waals surface area contributed by atoms with Gasteiger partial charge in [-0.3, -0.25) is 13.9 Å². The van der Waals surface area contributed by atoms with E-state index in [1.54, 1.807) is 11.6 Å². The lowest BCUT2D eigenvalue weighted by molar-refractivity contribution is -0.143. The Bertz CT molecular complexity index is 798. The fourth-order valence-electron chi connectivity index (χ4n) is 3.67. The lowest BCUT2D eigenvalue weighted by Gasteiger charge is -2.26. The van der Waals surface area contributed by atoms with Gasteiger partial charge in [-0.15, -0.1) is 0 Å². The summed E-state index contributed by atoms with van der Waals surface area (Å²) in [6, 6.07) is 5.72. The van der Waals surface area contributed by atoms with Crippen molar-refractivity contribution in [1.29, 1.82) is 0 Å². The van der Waals surface area contributed by atoms with Gasteiger partial charge in [0.1, 0.15) is 5.75 Å². The molecule has 6 heteroatoms. The minimum Gasteiger partial charge on any atom is -0.494 e. The van der Waals surface area contributed by atoms with Crippen molar-refractivity contribution < 1.29 is 14.6 Å². The number of aromatic nitrogens is 2. The first-order valence-corrected chi connectivity index (χ1v) is 9.56. The molecule has 0 atom stereocenters. The van der Waals surface area contributed by atoms with Crippen LogP contribution in [0.2, 0.25) is 0 Å². The third-order valence-electron chi connectivity index (χ3n) is 5.06. The van der Waals surface area contributed by atoms with E-state index in [2.05, 4.69) is 0 Å². The molecule has 3 rings (SSSR count). The molecule has 1 N–H and O–H groups in total. The first-order valence-electron chi connectivity index (χ1n) is 9.56. The average molecular weight is 362 g/mol. The van der Waals surface area contributed by atoms with Gasteiger partial charge in [0.25, 0.3) is 0 Å². The van der Waals surface area contributed by atoms with Crippen molar-refractivity contribution in [3.63, 3.8) is 0 Å². The molecule has 6 nitrogen and oxygen atoms in total. The molecule has 1 aromatic heterocycles. The molecule has 0 spiro atoms. The molecule has 1 aromatic carbocycles. The molecular weight excluding hydrogens is 332 g/mol. The maximum atomic E-state index is 12.6. The number of hydrogen-bond donors (Lipinski definition) is 1. The van der Waals surface area contributed by atoms with Crippen molar-refractivity contribution >= 4 is 17.0 Å². The van der Waals surface area contributed by atoms with E-state index in [9.17, 15) is 9.59 Å². The zero-order valence-electron chi connectivity index (χ0n) is 16.2. The van der Waals surface area contributed by atoms with Gasteiger partial charge in [-0.05, 0) is 50.7 Å². The Balaban J connectivity index is 0.00000117. The van der Waals surface area contributed by atoms with Gasteiger partial charge in [-0.25, -0.2) is 4.79 Å². The molecule has 0 amide bonds. The van der Waals surface area contributed by atoms with Crippen LogP contribution in [-0.2, 0) is 18.4 Å². The van der Waals surface area contributed by atoms with Crippen LogP contribution in [0.25, 0.3) is 11.0 Å². The van der Waals surface area contributed by atoms with Crippen LogP contribution in [0.1, 0.15) is 46.5 Å². The number of carboxylic acids is 1. The predicted molar refractivity (Wildman–Crippen MR) is 103 cm³/mol. The molecule has 1 saturated carbocycles. The molecular formula is C20H30N2O4. The number of nitrogens with zero attached hydrogens (tertiary/aromatic N) is 2. The van der Waals surface area contributed by atoms with Crippen molar-refractivity contribution in [2.75, 3.05) is 6.61 Å². The van der Waals surface area contributed by atoms with E-state index < -0.39 is 5.97 Å². The molecule has 0 aliphatic heterocycles. The van der Waals surface area contributed by atoms with Crippen LogP contribution in [0.3, 0.4) is 0 Å². The average Bonchev–Trinajstić information content (AvgIpc) is 2.89. The number of aliphatic carboxylic acids is 1. The number of rotatable bonds is 5. The van der Waals surface area contributed by atoms with Crippen LogP contribution >= 0.6 is 0 Å². The van der Waals surface area contributed by atoms with E-state index in [0.29, 0.717) is 31.9 Å². The highest BCUT2D eigenvalue weighted by Crippen LogP contribution is 2.31. The van der Waals surface area contributed by atoms with Crippen LogP contribution in [0, 0.1) is 11.8 Å². The van der Waals surface area contributed by atoms with E-state index >= 15 is 0 Å². The summed E-state index contributed by atoms with van der Waals surface area (Å²) in [6.45, 7) is 7.16. The van der Waals surface area contributed by atoms with Gasteiger partial charge in [0.2, 0.25) is 0 Å². The number of imidazole rings is 1. The topological polar surface area (TPSA) is 73.5 Å². The summed E-state index contributed by atoms with van der Waals surface area (Å²) >= 11 is 0. The second-order valence-corrected chi connectivity index (χ2v) is 6.59. The molecule has 0 bridgehead atoms. The Kier molecular flexibility index (Phi) is 6.89. The maximum Gasteiger partial charge on any atom is 0.328 e. The lowest BCUT2D eigenvalue weighted by Crippen LogP contribution is -2.28. The highest BCUT2D eigenvalue weighted by Gasteiger charge is 2.27. The normalized spacial score (nSPS) is 19.7. The summed E-state index contributed by atoms with van der Waals surface area (Å²) in [5.41, 5.74) is 1.75. The minimum absolute atomic E-state index is 0.0287. The molecule has 0 unspecified atom stereocenters. The molecule has 1 fully saturated rings. The number of aryl methyl sites for hydroxylation is 1. The highest BCUT2D eigenvalue weighted by atomic mass is 16.5. The van der Waals surface area contributed by atoms with Crippen LogP contribution < -0.4 is 10.4 Å². The SMILES string of the molecule is CC.CCOc1ccc2c(c1)n(CC1CCC(C(=O)O)CC1)c(=O)n2C. The Morgan fingerprint density at radius 1 is 1.19 bits per heavy atom. The second-order valence-electron chi connectivity index (χ2n) is 6.59. The molecule has 144 valence electrons. The Morgan fingerprint density at radius 3 is 2.42 bits per heavy atom. The first kappa shape index (κ1) is 20.1. The van der Waals surface area contributed by atoms with E-state index in [-0.39, 0.29) is 11.6 Å². The van der Waals surface area contributed by atoms with E-state index in [0.717, 1.165) is 29.6 Å². The number of fused-ring (bicyclic) bond motifs is 1.